The van der Waals surface area contributed by atoms with Gasteiger partial charge in [-0.3, -0.25) is 9.69 Å². The Hall–Kier alpha value is -2.79. The molecule has 2 aromatic rings. The minimum Gasteiger partial charge on any atom is -0.496 e. The van der Waals surface area contributed by atoms with Crippen LogP contribution >= 0.6 is 0 Å². The number of rotatable bonds is 4. The third kappa shape index (κ3) is 4.15. The highest BCUT2D eigenvalue weighted by molar-refractivity contribution is 5.88. The molecule has 0 saturated heterocycles. The van der Waals surface area contributed by atoms with E-state index in [2.05, 4.69) is 36.2 Å². The Balaban J connectivity index is 1.68. The van der Waals surface area contributed by atoms with Crippen molar-refractivity contribution in [3.63, 3.8) is 0 Å². The maximum Gasteiger partial charge on any atom is 0.221 e. The predicted octanol–water partition coefficient (Wildman–Crippen LogP) is 4.47. The molecule has 5 heteroatoms. The van der Waals surface area contributed by atoms with Gasteiger partial charge in [0.1, 0.15) is 11.5 Å². The van der Waals surface area contributed by atoms with Crippen LogP contribution in [-0.2, 0) is 17.9 Å². The number of ether oxygens (including phenoxy) is 2. The first-order valence-corrected chi connectivity index (χ1v) is 9.98. The summed E-state index contributed by atoms with van der Waals surface area (Å²) in [4.78, 5) is 13.8. The zero-order valence-corrected chi connectivity index (χ0v) is 17.5. The molecule has 2 heterocycles. The molecule has 29 heavy (non-hydrogen) atoms. The fraction of sp³-hybridized carbons (Fsp3) is 0.375. The molecule has 0 atom stereocenters. The molecule has 0 aromatic heterocycles. The van der Waals surface area contributed by atoms with Gasteiger partial charge < -0.3 is 14.8 Å². The average Bonchev–Trinajstić information content (AvgIpc) is 2.78. The summed E-state index contributed by atoms with van der Waals surface area (Å²) in [6.07, 6.45) is 2.35. The van der Waals surface area contributed by atoms with E-state index in [1.54, 1.807) is 7.11 Å². The van der Waals surface area contributed by atoms with Crippen LogP contribution < -0.4 is 14.8 Å². The first kappa shape index (κ1) is 19.5. The maximum atomic E-state index is 11.4. The van der Waals surface area contributed by atoms with E-state index in [1.807, 2.05) is 30.3 Å². The van der Waals surface area contributed by atoms with Gasteiger partial charge in [0, 0.05) is 48.8 Å². The molecular weight excluding hydrogens is 364 g/mol. The van der Waals surface area contributed by atoms with E-state index >= 15 is 0 Å². The molecule has 2 aromatic carbocycles. The van der Waals surface area contributed by atoms with E-state index in [1.165, 1.54) is 29.2 Å². The van der Waals surface area contributed by atoms with Crippen LogP contribution in [-0.4, -0.2) is 31.1 Å². The SMILES string of the molecule is COc1ccc2c3c1CN(Cc1cccc(NC(C)=O)c1)CC3=CC(C)(C)CO2. The van der Waals surface area contributed by atoms with Gasteiger partial charge in [0.05, 0.1) is 13.7 Å². The quantitative estimate of drug-likeness (QED) is 0.834. The largest absolute Gasteiger partial charge is 0.496 e. The van der Waals surface area contributed by atoms with Crippen molar-refractivity contribution in [3.8, 4) is 11.5 Å². The molecule has 0 spiro atoms. The van der Waals surface area contributed by atoms with Crippen LogP contribution in [0.15, 0.2) is 42.5 Å². The fourth-order valence-electron chi connectivity index (χ4n) is 4.24. The van der Waals surface area contributed by atoms with Gasteiger partial charge in [-0.25, -0.2) is 0 Å². The van der Waals surface area contributed by atoms with E-state index in [0.29, 0.717) is 6.61 Å². The van der Waals surface area contributed by atoms with Crippen LogP contribution in [0.25, 0.3) is 5.57 Å². The highest BCUT2D eigenvalue weighted by Gasteiger charge is 2.31. The monoisotopic (exact) mass is 392 g/mol. The Labute approximate surface area is 172 Å². The minimum absolute atomic E-state index is 0.0345. The lowest BCUT2D eigenvalue weighted by atomic mass is 9.87. The van der Waals surface area contributed by atoms with Gasteiger partial charge in [0.15, 0.2) is 0 Å². The van der Waals surface area contributed by atoms with Crippen molar-refractivity contribution in [2.24, 2.45) is 5.41 Å². The third-order valence-electron chi connectivity index (χ3n) is 5.37. The number of nitrogens with zero attached hydrogens (tertiary/aromatic N) is 1. The van der Waals surface area contributed by atoms with E-state index in [-0.39, 0.29) is 11.3 Å². The number of amides is 1. The normalized spacial score (nSPS) is 17.4. The second kappa shape index (κ2) is 7.56. The fourth-order valence-corrected chi connectivity index (χ4v) is 4.24. The number of benzene rings is 2. The van der Waals surface area contributed by atoms with Crippen LogP contribution in [0.1, 0.15) is 37.5 Å². The van der Waals surface area contributed by atoms with Crippen molar-refractivity contribution in [2.75, 3.05) is 25.6 Å². The zero-order chi connectivity index (χ0) is 20.6. The van der Waals surface area contributed by atoms with Crippen LogP contribution in [0.5, 0.6) is 11.5 Å². The lowest BCUT2D eigenvalue weighted by molar-refractivity contribution is -0.114. The predicted molar refractivity (Wildman–Crippen MR) is 115 cm³/mol. The van der Waals surface area contributed by atoms with Crippen molar-refractivity contribution in [3.05, 3.63) is 59.2 Å². The van der Waals surface area contributed by atoms with E-state index < -0.39 is 0 Å². The smallest absolute Gasteiger partial charge is 0.221 e. The van der Waals surface area contributed by atoms with Gasteiger partial charge in [-0.2, -0.15) is 0 Å². The van der Waals surface area contributed by atoms with Crippen molar-refractivity contribution in [1.82, 2.24) is 4.90 Å². The zero-order valence-electron chi connectivity index (χ0n) is 17.5. The third-order valence-corrected chi connectivity index (χ3v) is 5.37. The molecule has 1 amide bonds. The number of hydrogen-bond acceptors (Lipinski definition) is 4. The van der Waals surface area contributed by atoms with Crippen molar-refractivity contribution < 1.29 is 14.3 Å². The van der Waals surface area contributed by atoms with Crippen molar-refractivity contribution in [1.29, 1.82) is 0 Å². The molecule has 0 bridgehead atoms. The summed E-state index contributed by atoms with van der Waals surface area (Å²) in [5.74, 6) is 1.79. The number of nitrogens with one attached hydrogen (secondary N) is 1. The molecule has 0 unspecified atom stereocenters. The first-order chi connectivity index (χ1) is 13.8. The minimum atomic E-state index is -0.0582. The molecule has 0 aliphatic carbocycles. The number of anilines is 1. The van der Waals surface area contributed by atoms with Crippen molar-refractivity contribution >= 4 is 17.2 Å². The van der Waals surface area contributed by atoms with E-state index in [4.69, 9.17) is 9.47 Å². The Bertz CT molecular complexity index is 978. The molecule has 0 fully saturated rings. The van der Waals surface area contributed by atoms with Gasteiger partial charge >= 0.3 is 0 Å². The highest BCUT2D eigenvalue weighted by Crippen LogP contribution is 2.44. The van der Waals surface area contributed by atoms with Gasteiger partial charge in [-0.1, -0.05) is 32.1 Å². The van der Waals surface area contributed by atoms with Crippen LogP contribution in [0.2, 0.25) is 0 Å². The van der Waals surface area contributed by atoms with E-state index in [9.17, 15) is 4.79 Å². The molecule has 4 rings (SSSR count). The number of carbonyl (C=O) groups excluding carboxylic acids is 1. The molecule has 0 radical (unpaired) electrons. The molecule has 5 nitrogen and oxygen atoms in total. The topological polar surface area (TPSA) is 50.8 Å². The lowest BCUT2D eigenvalue weighted by Gasteiger charge is -2.32. The Morgan fingerprint density at radius 1 is 1.24 bits per heavy atom. The average molecular weight is 392 g/mol. The summed E-state index contributed by atoms with van der Waals surface area (Å²) in [5, 5.41) is 2.87. The molecule has 0 saturated carbocycles. The summed E-state index contributed by atoms with van der Waals surface area (Å²) in [6, 6.07) is 12.1. The summed E-state index contributed by atoms with van der Waals surface area (Å²) in [5.41, 5.74) is 5.62. The number of carbonyl (C=O) groups is 1. The second-order valence-corrected chi connectivity index (χ2v) is 8.59. The highest BCUT2D eigenvalue weighted by atomic mass is 16.5. The molecule has 152 valence electrons. The number of methoxy groups -OCH3 is 1. The summed E-state index contributed by atoms with van der Waals surface area (Å²) in [6.45, 7) is 9.03. The maximum absolute atomic E-state index is 11.4. The Kier molecular flexibility index (Phi) is 5.09. The summed E-state index contributed by atoms with van der Waals surface area (Å²) >= 11 is 0. The standard InChI is InChI=1S/C24H28N2O3/c1-16(27)25-19-7-5-6-17(10-19)12-26-13-18-11-24(2,3)15-29-22-9-8-21(28-4)20(14-26)23(18)22/h5-11H,12-15H2,1-4H3,(H,25,27). The summed E-state index contributed by atoms with van der Waals surface area (Å²) in [7, 11) is 1.72. The number of hydrogen-bond donors (Lipinski definition) is 1. The Morgan fingerprint density at radius 3 is 2.83 bits per heavy atom. The van der Waals surface area contributed by atoms with Crippen LogP contribution in [0.4, 0.5) is 5.69 Å². The van der Waals surface area contributed by atoms with Gasteiger partial charge in [-0.15, -0.1) is 0 Å². The van der Waals surface area contributed by atoms with Crippen molar-refractivity contribution in [2.45, 2.75) is 33.9 Å². The van der Waals surface area contributed by atoms with Crippen LogP contribution in [0.3, 0.4) is 0 Å². The van der Waals surface area contributed by atoms with Crippen LogP contribution in [0, 0.1) is 5.41 Å². The summed E-state index contributed by atoms with van der Waals surface area (Å²) < 4.78 is 11.8. The molecule has 1 N–H and O–H groups in total. The molecule has 2 aliphatic heterocycles. The molecule has 2 aliphatic rings. The van der Waals surface area contributed by atoms with E-state index in [0.717, 1.165) is 36.8 Å². The van der Waals surface area contributed by atoms with Gasteiger partial charge in [-0.05, 0) is 35.4 Å². The first-order valence-electron chi connectivity index (χ1n) is 9.98. The second-order valence-electron chi connectivity index (χ2n) is 8.59. The van der Waals surface area contributed by atoms with Gasteiger partial charge in [0.2, 0.25) is 5.91 Å². The van der Waals surface area contributed by atoms with Gasteiger partial charge in [0.25, 0.3) is 0 Å². The molecular formula is C24H28N2O3. The lowest BCUT2D eigenvalue weighted by Crippen LogP contribution is -2.30. The Morgan fingerprint density at radius 2 is 2.07 bits per heavy atom.